The van der Waals surface area contributed by atoms with Crippen LogP contribution in [0, 0.1) is 0 Å². The van der Waals surface area contributed by atoms with Crippen molar-refractivity contribution in [1.82, 2.24) is 14.7 Å². The molecule has 2 rings (SSSR count). The van der Waals surface area contributed by atoms with Crippen molar-refractivity contribution in [3.05, 3.63) is 0 Å². The van der Waals surface area contributed by atoms with Gasteiger partial charge in [0.2, 0.25) is 5.91 Å². The maximum Gasteiger partial charge on any atom is 0.219 e. The summed E-state index contributed by atoms with van der Waals surface area (Å²) in [7, 11) is 4.15. The number of hydrogen-bond acceptors (Lipinski definition) is 3. The number of carbonyl (C=O) groups excluding carboxylic acids is 1. The Balaban J connectivity index is 1.78. The van der Waals surface area contributed by atoms with Gasteiger partial charge in [-0.05, 0) is 32.7 Å². The molecule has 0 bridgehead atoms. The average Bonchev–Trinajstić information content (AvgIpc) is 2.39. The molecule has 1 aliphatic heterocycles. The van der Waals surface area contributed by atoms with E-state index in [-0.39, 0.29) is 5.91 Å². The lowest BCUT2D eigenvalue weighted by atomic mass is 9.89. The van der Waals surface area contributed by atoms with Crippen LogP contribution in [0.3, 0.4) is 0 Å². The molecular formula is C14H27N3O. The van der Waals surface area contributed by atoms with Gasteiger partial charge in [0.15, 0.2) is 0 Å². The molecule has 4 heteroatoms. The first-order valence-corrected chi connectivity index (χ1v) is 7.24. The second-order valence-corrected chi connectivity index (χ2v) is 5.93. The van der Waals surface area contributed by atoms with Gasteiger partial charge in [-0.1, -0.05) is 0 Å². The molecule has 0 N–H and O–H groups in total. The minimum Gasteiger partial charge on any atom is -0.343 e. The van der Waals surface area contributed by atoms with Gasteiger partial charge in [0, 0.05) is 52.2 Å². The molecule has 0 aromatic rings. The molecule has 2 aliphatic rings. The predicted molar refractivity (Wildman–Crippen MR) is 73.6 cm³/mol. The van der Waals surface area contributed by atoms with Gasteiger partial charge in [0.25, 0.3) is 0 Å². The fourth-order valence-electron chi connectivity index (χ4n) is 3.25. The highest BCUT2D eigenvalue weighted by Gasteiger charge is 2.29. The lowest BCUT2D eigenvalue weighted by molar-refractivity contribution is -0.130. The Morgan fingerprint density at radius 2 is 1.61 bits per heavy atom. The molecule has 1 aliphatic carbocycles. The molecule has 0 aromatic carbocycles. The normalized spacial score (nSPS) is 31.3. The van der Waals surface area contributed by atoms with E-state index in [2.05, 4.69) is 16.8 Å². The van der Waals surface area contributed by atoms with E-state index in [1.54, 1.807) is 6.92 Å². The quantitative estimate of drug-likeness (QED) is 0.735. The molecule has 0 spiro atoms. The Kier molecular flexibility index (Phi) is 4.62. The highest BCUT2D eigenvalue weighted by atomic mass is 16.2. The molecule has 0 unspecified atom stereocenters. The molecule has 104 valence electrons. The molecule has 1 amide bonds. The van der Waals surface area contributed by atoms with Crippen LogP contribution in [0.2, 0.25) is 0 Å². The van der Waals surface area contributed by atoms with Crippen molar-refractivity contribution in [3.63, 3.8) is 0 Å². The second-order valence-electron chi connectivity index (χ2n) is 5.93. The van der Waals surface area contributed by atoms with Gasteiger partial charge in [-0.3, -0.25) is 9.69 Å². The maximum atomic E-state index is 11.4. The largest absolute Gasteiger partial charge is 0.343 e. The molecule has 2 fully saturated rings. The lowest BCUT2D eigenvalue weighted by Gasteiger charge is -2.42. The van der Waals surface area contributed by atoms with E-state index in [4.69, 9.17) is 0 Å². The van der Waals surface area contributed by atoms with Gasteiger partial charge in [0.1, 0.15) is 0 Å². The third kappa shape index (κ3) is 3.23. The van der Waals surface area contributed by atoms with Gasteiger partial charge in [-0.15, -0.1) is 0 Å². The molecule has 18 heavy (non-hydrogen) atoms. The van der Waals surface area contributed by atoms with Crippen LogP contribution in [-0.2, 0) is 4.79 Å². The molecule has 0 radical (unpaired) electrons. The van der Waals surface area contributed by atoms with Gasteiger partial charge in [0.05, 0.1) is 0 Å². The van der Waals surface area contributed by atoms with E-state index in [1.807, 2.05) is 11.9 Å². The van der Waals surface area contributed by atoms with Gasteiger partial charge < -0.3 is 9.80 Å². The van der Waals surface area contributed by atoms with E-state index in [0.29, 0.717) is 6.04 Å². The molecule has 1 heterocycles. The lowest BCUT2D eigenvalue weighted by Crippen LogP contribution is -2.51. The van der Waals surface area contributed by atoms with Crippen molar-refractivity contribution in [2.75, 3.05) is 40.3 Å². The smallest absolute Gasteiger partial charge is 0.219 e. The van der Waals surface area contributed by atoms with Crippen LogP contribution in [-0.4, -0.2) is 73.0 Å². The standard InChI is InChI=1S/C14H27N3O/c1-12(18)16(3)13-4-6-14(7-5-13)17-10-8-15(2)9-11-17/h13-14H,4-11H2,1-3H3. The molecule has 4 nitrogen and oxygen atoms in total. The van der Waals surface area contributed by atoms with Crippen molar-refractivity contribution in [2.45, 2.75) is 44.7 Å². The Morgan fingerprint density at radius 3 is 2.11 bits per heavy atom. The van der Waals surface area contributed by atoms with Crippen LogP contribution < -0.4 is 0 Å². The maximum absolute atomic E-state index is 11.4. The highest BCUT2D eigenvalue weighted by molar-refractivity contribution is 5.73. The van der Waals surface area contributed by atoms with Gasteiger partial charge in [-0.25, -0.2) is 0 Å². The van der Waals surface area contributed by atoms with Crippen LogP contribution in [0.5, 0.6) is 0 Å². The number of likely N-dealkylation sites (N-methyl/N-ethyl adjacent to an activating group) is 1. The summed E-state index contributed by atoms with van der Waals surface area (Å²) in [5.41, 5.74) is 0. The van der Waals surface area contributed by atoms with Crippen LogP contribution in [0.15, 0.2) is 0 Å². The second kappa shape index (κ2) is 6.02. The van der Waals surface area contributed by atoms with E-state index >= 15 is 0 Å². The van der Waals surface area contributed by atoms with E-state index in [9.17, 15) is 4.79 Å². The number of carbonyl (C=O) groups is 1. The molecule has 0 atom stereocenters. The van der Waals surface area contributed by atoms with Crippen molar-refractivity contribution < 1.29 is 4.79 Å². The predicted octanol–water partition coefficient (Wildman–Crippen LogP) is 1.02. The number of hydrogen-bond donors (Lipinski definition) is 0. The minimum absolute atomic E-state index is 0.207. The summed E-state index contributed by atoms with van der Waals surface area (Å²) in [6, 6.07) is 1.24. The van der Waals surface area contributed by atoms with Crippen molar-refractivity contribution in [3.8, 4) is 0 Å². The van der Waals surface area contributed by atoms with Crippen molar-refractivity contribution >= 4 is 5.91 Å². The summed E-state index contributed by atoms with van der Waals surface area (Å²) < 4.78 is 0. The Bertz CT molecular complexity index is 279. The zero-order valence-electron chi connectivity index (χ0n) is 12.1. The van der Waals surface area contributed by atoms with Crippen LogP contribution >= 0.6 is 0 Å². The van der Waals surface area contributed by atoms with Crippen LogP contribution in [0.4, 0.5) is 0 Å². The summed E-state index contributed by atoms with van der Waals surface area (Å²) in [5, 5.41) is 0. The van der Waals surface area contributed by atoms with E-state index in [0.717, 1.165) is 6.04 Å². The number of piperazine rings is 1. The molecule has 1 saturated heterocycles. The average molecular weight is 253 g/mol. The van der Waals surface area contributed by atoms with Gasteiger partial charge in [-0.2, -0.15) is 0 Å². The fraction of sp³-hybridized carbons (Fsp3) is 0.929. The summed E-state index contributed by atoms with van der Waals surface area (Å²) in [5.74, 6) is 0.207. The van der Waals surface area contributed by atoms with Crippen molar-refractivity contribution in [1.29, 1.82) is 0 Å². The zero-order valence-corrected chi connectivity index (χ0v) is 12.1. The summed E-state index contributed by atoms with van der Waals surface area (Å²) >= 11 is 0. The van der Waals surface area contributed by atoms with Crippen molar-refractivity contribution in [2.24, 2.45) is 0 Å². The van der Waals surface area contributed by atoms with Crippen LogP contribution in [0.1, 0.15) is 32.6 Å². The first-order valence-electron chi connectivity index (χ1n) is 7.24. The minimum atomic E-state index is 0.207. The van der Waals surface area contributed by atoms with E-state index < -0.39 is 0 Å². The monoisotopic (exact) mass is 253 g/mol. The summed E-state index contributed by atoms with van der Waals surface area (Å²) in [6.07, 6.45) is 4.86. The zero-order chi connectivity index (χ0) is 13.1. The topological polar surface area (TPSA) is 26.8 Å². The third-order valence-corrected chi connectivity index (χ3v) is 4.76. The molecule has 0 aromatic heterocycles. The summed E-state index contributed by atoms with van der Waals surface area (Å²) in [4.78, 5) is 18.4. The third-order valence-electron chi connectivity index (χ3n) is 4.76. The van der Waals surface area contributed by atoms with Gasteiger partial charge >= 0.3 is 0 Å². The number of amides is 1. The first-order chi connectivity index (χ1) is 8.58. The Labute approximate surface area is 111 Å². The Hall–Kier alpha value is -0.610. The fourth-order valence-corrected chi connectivity index (χ4v) is 3.25. The Morgan fingerprint density at radius 1 is 1.06 bits per heavy atom. The number of nitrogens with zero attached hydrogens (tertiary/aromatic N) is 3. The van der Waals surface area contributed by atoms with Crippen LogP contribution in [0.25, 0.3) is 0 Å². The summed E-state index contributed by atoms with van der Waals surface area (Å²) in [6.45, 7) is 6.51. The van der Waals surface area contributed by atoms with E-state index in [1.165, 1.54) is 51.9 Å². The SMILES string of the molecule is CC(=O)N(C)C1CCC(N2CCN(C)CC2)CC1. The number of rotatable bonds is 2. The first kappa shape index (κ1) is 13.8. The highest BCUT2D eigenvalue weighted by Crippen LogP contribution is 2.26. The molecular weight excluding hydrogens is 226 g/mol. The molecule has 1 saturated carbocycles.